The summed E-state index contributed by atoms with van der Waals surface area (Å²) in [6, 6.07) is 15.5. The van der Waals surface area contributed by atoms with Crippen molar-refractivity contribution in [1.82, 2.24) is 0 Å². The van der Waals surface area contributed by atoms with Crippen molar-refractivity contribution in [3.63, 3.8) is 0 Å². The normalized spacial score (nSPS) is 11.6. The molecule has 0 radical (unpaired) electrons. The topological polar surface area (TPSA) is 102 Å². The monoisotopic (exact) mass is 443 g/mol. The fourth-order valence-corrected chi connectivity index (χ4v) is 4.03. The molecule has 0 atom stereocenters. The molecular formula is C21H18ClN3O4S. The van der Waals surface area contributed by atoms with Crippen molar-refractivity contribution in [3.05, 3.63) is 92.5 Å². The number of anilines is 1. The maximum absolute atomic E-state index is 12.6. The van der Waals surface area contributed by atoms with Gasteiger partial charge in [0.15, 0.2) is 0 Å². The lowest BCUT2D eigenvalue weighted by molar-refractivity contribution is -0.384. The van der Waals surface area contributed by atoms with Crippen molar-refractivity contribution in [1.29, 1.82) is 0 Å². The minimum absolute atomic E-state index is 0.0924. The van der Waals surface area contributed by atoms with Crippen LogP contribution in [-0.4, -0.2) is 19.6 Å². The molecule has 0 spiro atoms. The van der Waals surface area contributed by atoms with Crippen LogP contribution in [0.25, 0.3) is 0 Å². The number of sulfonamides is 1. The number of nitrogens with zero attached hydrogens (tertiary/aromatic N) is 2. The Morgan fingerprint density at radius 3 is 2.37 bits per heavy atom. The summed E-state index contributed by atoms with van der Waals surface area (Å²) < 4.78 is 27.9. The quantitative estimate of drug-likeness (QED) is 0.312. The van der Waals surface area contributed by atoms with E-state index >= 15 is 0 Å². The van der Waals surface area contributed by atoms with Gasteiger partial charge < -0.3 is 0 Å². The van der Waals surface area contributed by atoms with Gasteiger partial charge in [-0.3, -0.25) is 19.8 Å². The second kappa shape index (κ2) is 8.64. The van der Waals surface area contributed by atoms with E-state index < -0.39 is 14.9 Å². The molecule has 0 saturated carbocycles. The summed E-state index contributed by atoms with van der Waals surface area (Å²) >= 11 is 6.05. The zero-order valence-corrected chi connectivity index (χ0v) is 17.7. The molecule has 0 aliphatic heterocycles. The molecule has 0 unspecified atom stereocenters. The van der Waals surface area contributed by atoms with E-state index in [9.17, 15) is 18.5 Å². The number of aryl methyl sites for hydroxylation is 2. The Bertz CT molecular complexity index is 1240. The van der Waals surface area contributed by atoms with Crippen LogP contribution in [0.15, 0.2) is 70.6 Å². The van der Waals surface area contributed by atoms with Gasteiger partial charge in [-0.1, -0.05) is 29.3 Å². The predicted octanol–water partition coefficient (Wildman–Crippen LogP) is 5.42. The molecule has 0 aromatic heterocycles. The number of aliphatic imine (C=N–C) groups is 1. The molecule has 0 heterocycles. The van der Waals surface area contributed by atoms with E-state index in [-0.39, 0.29) is 10.6 Å². The first-order valence-electron chi connectivity index (χ1n) is 8.84. The largest absolute Gasteiger partial charge is 0.279 e. The van der Waals surface area contributed by atoms with Gasteiger partial charge in [-0.25, -0.2) is 8.42 Å². The van der Waals surface area contributed by atoms with Gasteiger partial charge in [0.2, 0.25) is 0 Å². The summed E-state index contributed by atoms with van der Waals surface area (Å²) in [6.07, 6.45) is 1.40. The van der Waals surface area contributed by atoms with Gasteiger partial charge in [0.05, 0.1) is 21.2 Å². The molecule has 9 heteroatoms. The van der Waals surface area contributed by atoms with Gasteiger partial charge in [0.25, 0.3) is 15.7 Å². The first kappa shape index (κ1) is 21.5. The molecule has 1 N–H and O–H groups in total. The number of hydrogen-bond acceptors (Lipinski definition) is 5. The Morgan fingerprint density at radius 1 is 1.03 bits per heavy atom. The molecule has 0 fully saturated rings. The van der Waals surface area contributed by atoms with Crippen molar-refractivity contribution < 1.29 is 13.3 Å². The number of non-ortho nitro benzene ring substituents is 1. The van der Waals surface area contributed by atoms with Crippen LogP contribution in [0, 0.1) is 24.0 Å². The second-order valence-electron chi connectivity index (χ2n) is 6.64. The predicted molar refractivity (Wildman–Crippen MR) is 119 cm³/mol. The molecule has 3 aromatic carbocycles. The van der Waals surface area contributed by atoms with Gasteiger partial charge in [0, 0.05) is 28.9 Å². The minimum atomic E-state index is -3.75. The van der Waals surface area contributed by atoms with E-state index in [2.05, 4.69) is 9.71 Å². The first-order valence-corrected chi connectivity index (χ1v) is 10.7. The van der Waals surface area contributed by atoms with E-state index in [1.165, 1.54) is 48.7 Å². The molecule has 0 saturated heterocycles. The maximum Gasteiger partial charge on any atom is 0.270 e. The molecule has 30 heavy (non-hydrogen) atoms. The number of nitrogens with one attached hydrogen (secondary N) is 1. The van der Waals surface area contributed by atoms with Crippen molar-refractivity contribution in [2.24, 2.45) is 4.99 Å². The van der Waals surface area contributed by atoms with Gasteiger partial charge in [-0.15, -0.1) is 0 Å². The number of nitro groups is 1. The number of benzene rings is 3. The van der Waals surface area contributed by atoms with Crippen molar-refractivity contribution in [2.45, 2.75) is 18.7 Å². The summed E-state index contributed by atoms with van der Waals surface area (Å²) in [5.41, 5.74) is 3.15. The van der Waals surface area contributed by atoms with Gasteiger partial charge in [-0.2, -0.15) is 0 Å². The highest BCUT2D eigenvalue weighted by molar-refractivity contribution is 7.92. The molecule has 3 aromatic rings. The van der Waals surface area contributed by atoms with Crippen LogP contribution in [0.1, 0.15) is 16.7 Å². The fraction of sp³-hybridized carbons (Fsp3) is 0.0952. The average Bonchev–Trinajstić information content (AvgIpc) is 2.69. The third-order valence-corrected chi connectivity index (χ3v) is 6.04. The standard InChI is InChI=1S/C21H18ClN3O4S/c1-14-3-10-21(15(2)11-14)24-30(28,29)19-7-4-17(5-8-19)23-13-16-12-18(25(26)27)6-9-20(16)22/h3-13,24H,1-2H3. The molecule has 7 nitrogen and oxygen atoms in total. The Morgan fingerprint density at radius 2 is 1.73 bits per heavy atom. The molecular weight excluding hydrogens is 426 g/mol. The Kier molecular flexibility index (Phi) is 6.19. The third-order valence-electron chi connectivity index (χ3n) is 4.32. The summed E-state index contributed by atoms with van der Waals surface area (Å²) in [7, 11) is -3.75. The van der Waals surface area contributed by atoms with Gasteiger partial charge >= 0.3 is 0 Å². The Labute approximate surface area is 179 Å². The average molecular weight is 444 g/mol. The van der Waals surface area contributed by atoms with E-state index in [4.69, 9.17) is 11.6 Å². The molecule has 0 amide bonds. The zero-order valence-electron chi connectivity index (χ0n) is 16.2. The van der Waals surface area contributed by atoms with Crippen LogP contribution in [0.4, 0.5) is 17.1 Å². The van der Waals surface area contributed by atoms with Crippen LogP contribution in [0.3, 0.4) is 0 Å². The highest BCUT2D eigenvalue weighted by atomic mass is 35.5. The Hall–Kier alpha value is -3.23. The first-order chi connectivity index (χ1) is 14.2. The molecule has 154 valence electrons. The second-order valence-corrected chi connectivity index (χ2v) is 8.73. The number of nitro benzene ring substituents is 1. The van der Waals surface area contributed by atoms with Crippen molar-refractivity contribution in [3.8, 4) is 0 Å². The van der Waals surface area contributed by atoms with E-state index in [0.29, 0.717) is 22.0 Å². The molecule has 3 rings (SSSR count). The summed E-state index contributed by atoms with van der Waals surface area (Å²) in [5, 5.41) is 11.2. The SMILES string of the molecule is Cc1ccc(NS(=O)(=O)c2ccc(N=Cc3cc([N+](=O)[O-])ccc3Cl)cc2)c(C)c1. The molecule has 0 aliphatic rings. The fourth-order valence-electron chi connectivity index (χ4n) is 2.73. The smallest absolute Gasteiger partial charge is 0.270 e. The highest BCUT2D eigenvalue weighted by Crippen LogP contribution is 2.24. The van der Waals surface area contributed by atoms with Crippen LogP contribution in [0.2, 0.25) is 5.02 Å². The highest BCUT2D eigenvalue weighted by Gasteiger charge is 2.15. The van der Waals surface area contributed by atoms with Crippen LogP contribution < -0.4 is 4.72 Å². The molecule has 0 bridgehead atoms. The zero-order chi connectivity index (χ0) is 21.9. The lowest BCUT2D eigenvalue weighted by Gasteiger charge is -2.11. The lowest BCUT2D eigenvalue weighted by atomic mass is 10.1. The number of rotatable bonds is 6. The van der Waals surface area contributed by atoms with Crippen LogP contribution in [-0.2, 0) is 10.0 Å². The van der Waals surface area contributed by atoms with E-state index in [1.807, 2.05) is 26.0 Å². The number of halogens is 1. The molecule has 0 aliphatic carbocycles. The number of hydrogen-bond donors (Lipinski definition) is 1. The van der Waals surface area contributed by atoms with E-state index in [1.54, 1.807) is 6.07 Å². The summed E-state index contributed by atoms with van der Waals surface area (Å²) in [6.45, 7) is 3.77. The maximum atomic E-state index is 12.6. The van der Waals surface area contributed by atoms with Crippen LogP contribution in [0.5, 0.6) is 0 Å². The van der Waals surface area contributed by atoms with Gasteiger partial charge in [0.1, 0.15) is 0 Å². The van der Waals surface area contributed by atoms with Crippen molar-refractivity contribution >= 4 is 44.9 Å². The van der Waals surface area contributed by atoms with Crippen molar-refractivity contribution in [2.75, 3.05) is 4.72 Å². The Balaban J connectivity index is 1.80. The lowest BCUT2D eigenvalue weighted by Crippen LogP contribution is -2.13. The minimum Gasteiger partial charge on any atom is -0.279 e. The summed E-state index contributed by atoms with van der Waals surface area (Å²) in [5.74, 6) is 0. The van der Waals surface area contributed by atoms with Crippen LogP contribution >= 0.6 is 11.6 Å². The summed E-state index contributed by atoms with van der Waals surface area (Å²) in [4.78, 5) is 14.7. The van der Waals surface area contributed by atoms with E-state index in [0.717, 1.165) is 11.1 Å². The third kappa shape index (κ3) is 5.03. The van der Waals surface area contributed by atoms with Gasteiger partial charge in [-0.05, 0) is 55.8 Å².